The van der Waals surface area contributed by atoms with Gasteiger partial charge in [-0.3, -0.25) is 0 Å². The number of hydrogen-bond donors (Lipinski definition) is 1. The summed E-state index contributed by atoms with van der Waals surface area (Å²) in [5.74, 6) is 0.782. The minimum absolute atomic E-state index is 0.782. The third-order valence-electron chi connectivity index (χ3n) is 2.51. The van der Waals surface area contributed by atoms with Crippen molar-refractivity contribution in [2.75, 3.05) is 0 Å². The highest BCUT2D eigenvalue weighted by atomic mass is 15.3. The molecule has 0 aliphatic carbocycles. The largest absolute Gasteiger partial charge is 0.198 e. The average Bonchev–Trinajstić information content (AvgIpc) is 2.64. The molecular weight excluding hydrogens is 162 g/mol. The van der Waals surface area contributed by atoms with Gasteiger partial charge < -0.3 is 0 Å². The maximum atomic E-state index is 4.08. The molecule has 1 aromatic rings. The van der Waals surface area contributed by atoms with Crippen LogP contribution < -0.4 is 0 Å². The summed E-state index contributed by atoms with van der Waals surface area (Å²) in [5, 5.41) is 10.5. The summed E-state index contributed by atoms with van der Waals surface area (Å²) in [6.45, 7) is 4.49. The molecule has 0 spiro atoms. The first-order valence-corrected chi connectivity index (χ1v) is 5.21. The molecule has 0 aromatic carbocycles. The molecule has 0 saturated heterocycles. The van der Waals surface area contributed by atoms with Crippen molar-refractivity contribution in [3.63, 3.8) is 0 Å². The second-order valence-corrected chi connectivity index (χ2v) is 3.58. The van der Waals surface area contributed by atoms with E-state index in [0.29, 0.717) is 0 Å². The van der Waals surface area contributed by atoms with E-state index in [0.717, 1.165) is 18.0 Å². The monoisotopic (exact) mass is 181 g/mol. The van der Waals surface area contributed by atoms with Gasteiger partial charge in [-0.15, -0.1) is 0 Å². The number of aromatic amines is 1. The fourth-order valence-electron chi connectivity index (χ4n) is 1.56. The Bertz CT molecular complexity index is 206. The Morgan fingerprint density at radius 2 is 2.31 bits per heavy atom. The Morgan fingerprint density at radius 1 is 1.46 bits per heavy atom. The highest BCUT2D eigenvalue weighted by Crippen LogP contribution is 2.16. The fraction of sp³-hybridized carbons (Fsp3) is 0.800. The van der Waals surface area contributed by atoms with E-state index in [4.69, 9.17) is 0 Å². The average molecular weight is 181 g/mol. The first kappa shape index (κ1) is 10.2. The molecule has 3 heteroatoms. The second-order valence-electron chi connectivity index (χ2n) is 3.58. The van der Waals surface area contributed by atoms with E-state index in [1.54, 1.807) is 0 Å². The Kier molecular flexibility index (Phi) is 4.50. The van der Waals surface area contributed by atoms with E-state index in [9.17, 15) is 0 Å². The normalized spacial score (nSPS) is 13.1. The lowest BCUT2D eigenvalue weighted by atomic mass is 9.95. The molecule has 13 heavy (non-hydrogen) atoms. The summed E-state index contributed by atoms with van der Waals surface area (Å²) in [5.41, 5.74) is 1.10. The number of rotatable bonds is 6. The third kappa shape index (κ3) is 3.57. The Labute approximate surface area is 79.9 Å². The molecule has 1 atom stereocenters. The number of H-pyrrole nitrogens is 1. The molecule has 1 heterocycles. The van der Waals surface area contributed by atoms with Crippen molar-refractivity contribution in [1.29, 1.82) is 0 Å². The summed E-state index contributed by atoms with van der Waals surface area (Å²) in [7, 11) is 0. The van der Waals surface area contributed by atoms with Crippen LogP contribution in [0, 0.1) is 5.92 Å². The SMILES string of the molecule is CCCCC(CC)Cc1cn[nH]n1. The number of hydrogen-bond acceptors (Lipinski definition) is 2. The standard InChI is InChI=1S/C10H19N3/c1-3-5-6-9(4-2)7-10-8-11-13-12-10/h8-9H,3-7H2,1-2H3,(H,11,12,13). The third-order valence-corrected chi connectivity index (χ3v) is 2.51. The van der Waals surface area contributed by atoms with Crippen LogP contribution in [0.15, 0.2) is 6.20 Å². The molecule has 1 aromatic heterocycles. The lowest BCUT2D eigenvalue weighted by Gasteiger charge is -2.11. The maximum absolute atomic E-state index is 4.08. The van der Waals surface area contributed by atoms with Crippen LogP contribution in [0.5, 0.6) is 0 Å². The molecule has 0 radical (unpaired) electrons. The predicted molar refractivity (Wildman–Crippen MR) is 53.4 cm³/mol. The van der Waals surface area contributed by atoms with Gasteiger partial charge in [0.2, 0.25) is 0 Å². The summed E-state index contributed by atoms with van der Waals surface area (Å²) in [6, 6.07) is 0. The zero-order chi connectivity index (χ0) is 9.52. The minimum atomic E-state index is 0.782. The van der Waals surface area contributed by atoms with Crippen LogP contribution in [0.3, 0.4) is 0 Å². The van der Waals surface area contributed by atoms with E-state index in [1.807, 2.05) is 6.20 Å². The van der Waals surface area contributed by atoms with Gasteiger partial charge in [0, 0.05) is 0 Å². The van der Waals surface area contributed by atoms with Gasteiger partial charge >= 0.3 is 0 Å². The van der Waals surface area contributed by atoms with E-state index < -0.39 is 0 Å². The molecule has 0 fully saturated rings. The van der Waals surface area contributed by atoms with Gasteiger partial charge in [0.15, 0.2) is 0 Å². The molecule has 74 valence electrons. The van der Waals surface area contributed by atoms with Gasteiger partial charge in [-0.05, 0) is 12.3 Å². The summed E-state index contributed by atoms with van der Waals surface area (Å²) < 4.78 is 0. The molecule has 0 amide bonds. The fourth-order valence-corrected chi connectivity index (χ4v) is 1.56. The van der Waals surface area contributed by atoms with Crippen LogP contribution in [0.4, 0.5) is 0 Å². The van der Waals surface area contributed by atoms with Crippen molar-refractivity contribution in [2.24, 2.45) is 5.92 Å². The Balaban J connectivity index is 2.31. The molecule has 1 rings (SSSR count). The molecule has 1 N–H and O–H groups in total. The van der Waals surface area contributed by atoms with E-state index in [2.05, 4.69) is 29.3 Å². The van der Waals surface area contributed by atoms with Crippen LogP contribution >= 0.6 is 0 Å². The number of nitrogens with zero attached hydrogens (tertiary/aromatic N) is 2. The Morgan fingerprint density at radius 3 is 2.85 bits per heavy atom. The van der Waals surface area contributed by atoms with Gasteiger partial charge in [0.25, 0.3) is 0 Å². The zero-order valence-electron chi connectivity index (χ0n) is 8.58. The summed E-state index contributed by atoms with van der Waals surface area (Å²) >= 11 is 0. The Hall–Kier alpha value is -0.860. The number of unbranched alkanes of at least 4 members (excludes halogenated alkanes) is 1. The molecule has 0 bridgehead atoms. The molecule has 1 unspecified atom stereocenters. The highest BCUT2D eigenvalue weighted by molar-refractivity contribution is 4.92. The topological polar surface area (TPSA) is 41.6 Å². The van der Waals surface area contributed by atoms with Crippen molar-refractivity contribution < 1.29 is 0 Å². The van der Waals surface area contributed by atoms with Crippen LogP contribution in [0.1, 0.15) is 45.2 Å². The smallest absolute Gasteiger partial charge is 0.0827 e. The zero-order valence-corrected chi connectivity index (χ0v) is 8.58. The minimum Gasteiger partial charge on any atom is -0.198 e. The van der Waals surface area contributed by atoms with Crippen LogP contribution in [0.25, 0.3) is 0 Å². The quantitative estimate of drug-likeness (QED) is 0.732. The first-order chi connectivity index (χ1) is 6.36. The molecule has 0 aliphatic rings. The van der Waals surface area contributed by atoms with Crippen molar-refractivity contribution in [3.8, 4) is 0 Å². The van der Waals surface area contributed by atoms with Crippen LogP contribution in [-0.4, -0.2) is 15.4 Å². The van der Waals surface area contributed by atoms with E-state index in [-0.39, 0.29) is 0 Å². The van der Waals surface area contributed by atoms with Crippen molar-refractivity contribution >= 4 is 0 Å². The number of nitrogens with one attached hydrogen (secondary N) is 1. The molecule has 0 aliphatic heterocycles. The van der Waals surface area contributed by atoms with Gasteiger partial charge in [0.1, 0.15) is 0 Å². The first-order valence-electron chi connectivity index (χ1n) is 5.21. The number of aromatic nitrogens is 3. The lowest BCUT2D eigenvalue weighted by Crippen LogP contribution is -2.03. The van der Waals surface area contributed by atoms with E-state index in [1.165, 1.54) is 25.7 Å². The lowest BCUT2D eigenvalue weighted by molar-refractivity contribution is 0.445. The van der Waals surface area contributed by atoms with Gasteiger partial charge in [-0.1, -0.05) is 39.5 Å². The van der Waals surface area contributed by atoms with Crippen LogP contribution in [0.2, 0.25) is 0 Å². The molecular formula is C10H19N3. The van der Waals surface area contributed by atoms with Gasteiger partial charge in [0.05, 0.1) is 11.9 Å². The second kappa shape index (κ2) is 5.73. The van der Waals surface area contributed by atoms with Crippen molar-refractivity contribution in [3.05, 3.63) is 11.9 Å². The highest BCUT2D eigenvalue weighted by Gasteiger charge is 2.08. The van der Waals surface area contributed by atoms with Crippen molar-refractivity contribution in [1.82, 2.24) is 15.4 Å². The predicted octanol–water partition coefficient (Wildman–Crippen LogP) is 2.56. The van der Waals surface area contributed by atoms with Gasteiger partial charge in [-0.25, -0.2) is 0 Å². The van der Waals surface area contributed by atoms with Gasteiger partial charge in [-0.2, -0.15) is 15.4 Å². The van der Waals surface area contributed by atoms with Crippen molar-refractivity contribution in [2.45, 2.75) is 46.0 Å². The van der Waals surface area contributed by atoms with Crippen LogP contribution in [-0.2, 0) is 6.42 Å². The maximum Gasteiger partial charge on any atom is 0.0827 e. The summed E-state index contributed by atoms with van der Waals surface area (Å²) in [4.78, 5) is 0. The van der Waals surface area contributed by atoms with E-state index >= 15 is 0 Å². The molecule has 3 nitrogen and oxygen atoms in total. The molecule has 0 saturated carbocycles. The summed E-state index contributed by atoms with van der Waals surface area (Å²) in [6.07, 6.45) is 8.08.